The predicted molar refractivity (Wildman–Crippen MR) is 66.3 cm³/mol. The molecule has 3 aliphatic heterocycles. The van der Waals surface area contributed by atoms with E-state index in [1.54, 1.807) is 6.33 Å². The zero-order chi connectivity index (χ0) is 11.0. The zero-order valence-electron chi connectivity index (χ0n) is 9.06. The van der Waals surface area contributed by atoms with Gasteiger partial charge in [-0.05, 0) is 47.8 Å². The number of fused-ring (bicyclic) bond motifs is 3. The summed E-state index contributed by atoms with van der Waals surface area (Å²) in [5.41, 5.74) is 0. The van der Waals surface area contributed by atoms with Gasteiger partial charge in [0.2, 0.25) is 0 Å². The number of anilines is 1. The standard InChI is InChI=1S/C11H15BrN4/c12-10-5-11(14-7-13-10)15-9-6-16-3-1-8(9)2-4-16/h5,7-9H,1-4,6H2,(H,13,14,15). The van der Waals surface area contributed by atoms with E-state index in [9.17, 15) is 0 Å². The summed E-state index contributed by atoms with van der Waals surface area (Å²) >= 11 is 3.37. The van der Waals surface area contributed by atoms with E-state index in [0.29, 0.717) is 6.04 Å². The molecule has 4 rings (SSSR count). The van der Waals surface area contributed by atoms with Crippen molar-refractivity contribution in [1.29, 1.82) is 0 Å². The molecule has 86 valence electrons. The van der Waals surface area contributed by atoms with E-state index >= 15 is 0 Å². The Bertz CT molecular complexity index is 376. The van der Waals surface area contributed by atoms with Gasteiger partial charge in [-0.25, -0.2) is 9.97 Å². The Balaban J connectivity index is 1.71. The summed E-state index contributed by atoms with van der Waals surface area (Å²) in [6, 6.07) is 2.50. The maximum absolute atomic E-state index is 4.25. The minimum atomic E-state index is 0.560. The molecule has 4 nitrogen and oxygen atoms in total. The van der Waals surface area contributed by atoms with Crippen LogP contribution >= 0.6 is 15.9 Å². The number of nitrogens with one attached hydrogen (secondary N) is 1. The number of halogens is 1. The van der Waals surface area contributed by atoms with Crippen LogP contribution in [-0.4, -0.2) is 40.5 Å². The summed E-state index contributed by atoms with van der Waals surface area (Å²) in [4.78, 5) is 10.8. The second-order valence-corrected chi connectivity index (χ2v) is 5.43. The number of nitrogens with zero attached hydrogens (tertiary/aromatic N) is 3. The van der Waals surface area contributed by atoms with E-state index < -0.39 is 0 Å². The van der Waals surface area contributed by atoms with Crippen molar-refractivity contribution < 1.29 is 0 Å². The van der Waals surface area contributed by atoms with Crippen LogP contribution in [0.1, 0.15) is 12.8 Å². The fraction of sp³-hybridized carbons (Fsp3) is 0.636. The first-order chi connectivity index (χ1) is 7.81. The smallest absolute Gasteiger partial charge is 0.130 e. The lowest BCUT2D eigenvalue weighted by Crippen LogP contribution is -2.53. The molecule has 1 atom stereocenters. The number of piperidine rings is 3. The molecule has 2 bridgehead atoms. The molecular weight excluding hydrogens is 268 g/mol. The summed E-state index contributed by atoms with van der Waals surface area (Å²) in [7, 11) is 0. The van der Waals surface area contributed by atoms with Crippen molar-refractivity contribution in [2.24, 2.45) is 5.92 Å². The Kier molecular flexibility index (Phi) is 2.81. The van der Waals surface area contributed by atoms with Gasteiger partial charge in [0.05, 0.1) is 0 Å². The first kappa shape index (κ1) is 10.5. The number of aromatic nitrogens is 2. The van der Waals surface area contributed by atoms with Gasteiger partial charge in [0.15, 0.2) is 0 Å². The predicted octanol–water partition coefficient (Wildman–Crippen LogP) is 1.75. The fourth-order valence-corrected chi connectivity index (χ4v) is 3.04. The molecule has 0 spiro atoms. The second-order valence-electron chi connectivity index (χ2n) is 4.61. The van der Waals surface area contributed by atoms with E-state index in [0.717, 1.165) is 22.9 Å². The monoisotopic (exact) mass is 282 g/mol. The van der Waals surface area contributed by atoms with Crippen LogP contribution in [0.15, 0.2) is 17.0 Å². The lowest BCUT2D eigenvalue weighted by Gasteiger charge is -2.45. The van der Waals surface area contributed by atoms with Gasteiger partial charge in [0, 0.05) is 18.7 Å². The number of hydrogen-bond acceptors (Lipinski definition) is 4. The quantitative estimate of drug-likeness (QED) is 0.839. The Morgan fingerprint density at radius 2 is 2.12 bits per heavy atom. The van der Waals surface area contributed by atoms with E-state index in [1.165, 1.54) is 25.9 Å². The van der Waals surface area contributed by atoms with E-state index in [1.807, 2.05) is 6.07 Å². The summed E-state index contributed by atoms with van der Waals surface area (Å²) in [6.07, 6.45) is 4.24. The van der Waals surface area contributed by atoms with Crippen molar-refractivity contribution in [3.8, 4) is 0 Å². The van der Waals surface area contributed by atoms with Crippen molar-refractivity contribution >= 4 is 21.7 Å². The van der Waals surface area contributed by atoms with Gasteiger partial charge in [0.25, 0.3) is 0 Å². The summed E-state index contributed by atoms with van der Waals surface area (Å²) in [5, 5.41) is 3.53. The molecule has 0 amide bonds. The highest BCUT2D eigenvalue weighted by Gasteiger charge is 2.34. The summed E-state index contributed by atoms with van der Waals surface area (Å²) < 4.78 is 0.839. The van der Waals surface area contributed by atoms with Gasteiger partial charge in [-0.2, -0.15) is 0 Å². The normalized spacial score (nSPS) is 32.7. The molecule has 3 aliphatic rings. The van der Waals surface area contributed by atoms with Crippen molar-refractivity contribution in [1.82, 2.24) is 14.9 Å². The summed E-state index contributed by atoms with van der Waals surface area (Å²) in [5.74, 6) is 1.75. The molecule has 1 unspecified atom stereocenters. The molecule has 3 saturated heterocycles. The molecule has 5 heteroatoms. The Labute approximate surface area is 104 Å². The Morgan fingerprint density at radius 1 is 1.31 bits per heavy atom. The maximum Gasteiger partial charge on any atom is 0.130 e. The van der Waals surface area contributed by atoms with Gasteiger partial charge < -0.3 is 10.2 Å². The molecule has 1 aromatic rings. The average molecular weight is 283 g/mol. The van der Waals surface area contributed by atoms with E-state index in [2.05, 4.69) is 36.1 Å². The van der Waals surface area contributed by atoms with Crippen LogP contribution in [0.4, 0.5) is 5.82 Å². The maximum atomic E-state index is 4.25. The van der Waals surface area contributed by atoms with Crippen LogP contribution in [0.3, 0.4) is 0 Å². The lowest BCUT2D eigenvalue weighted by atomic mass is 9.84. The third-order valence-electron chi connectivity index (χ3n) is 3.62. The zero-order valence-corrected chi connectivity index (χ0v) is 10.7. The summed E-state index contributed by atoms with van der Waals surface area (Å²) in [6.45, 7) is 3.71. The van der Waals surface area contributed by atoms with Crippen LogP contribution in [0.25, 0.3) is 0 Å². The molecule has 3 fully saturated rings. The lowest BCUT2D eigenvalue weighted by molar-refractivity contribution is 0.0974. The fourth-order valence-electron chi connectivity index (χ4n) is 2.73. The molecule has 0 aliphatic carbocycles. The first-order valence-corrected chi connectivity index (χ1v) is 6.57. The third-order valence-corrected chi connectivity index (χ3v) is 4.06. The highest BCUT2D eigenvalue weighted by Crippen LogP contribution is 2.29. The van der Waals surface area contributed by atoms with Gasteiger partial charge in [-0.1, -0.05) is 0 Å². The largest absolute Gasteiger partial charge is 0.366 e. The molecule has 0 aromatic carbocycles. The topological polar surface area (TPSA) is 41.0 Å². The Hall–Kier alpha value is -0.680. The average Bonchev–Trinajstić information content (AvgIpc) is 2.30. The van der Waals surface area contributed by atoms with Crippen LogP contribution in [0, 0.1) is 5.92 Å². The van der Waals surface area contributed by atoms with Crippen LogP contribution in [0.5, 0.6) is 0 Å². The third kappa shape index (κ3) is 2.06. The molecule has 1 aromatic heterocycles. The first-order valence-electron chi connectivity index (χ1n) is 5.78. The van der Waals surface area contributed by atoms with Crippen LogP contribution in [0.2, 0.25) is 0 Å². The van der Waals surface area contributed by atoms with E-state index in [-0.39, 0.29) is 0 Å². The van der Waals surface area contributed by atoms with Crippen LogP contribution < -0.4 is 5.32 Å². The molecule has 16 heavy (non-hydrogen) atoms. The van der Waals surface area contributed by atoms with Crippen molar-refractivity contribution in [3.63, 3.8) is 0 Å². The molecule has 0 radical (unpaired) electrons. The number of rotatable bonds is 2. The number of hydrogen-bond donors (Lipinski definition) is 1. The van der Waals surface area contributed by atoms with Gasteiger partial charge in [-0.3, -0.25) is 0 Å². The second kappa shape index (κ2) is 4.30. The highest BCUT2D eigenvalue weighted by atomic mass is 79.9. The van der Waals surface area contributed by atoms with Crippen molar-refractivity contribution in [3.05, 3.63) is 17.0 Å². The molecule has 4 heterocycles. The minimum Gasteiger partial charge on any atom is -0.366 e. The SMILES string of the molecule is Brc1cc(NC2CN3CCC2CC3)ncn1. The van der Waals surface area contributed by atoms with Crippen LogP contribution in [-0.2, 0) is 0 Å². The van der Waals surface area contributed by atoms with Gasteiger partial charge in [0.1, 0.15) is 16.7 Å². The molecule has 0 saturated carbocycles. The Morgan fingerprint density at radius 3 is 2.75 bits per heavy atom. The van der Waals surface area contributed by atoms with Gasteiger partial charge in [-0.15, -0.1) is 0 Å². The van der Waals surface area contributed by atoms with Crippen molar-refractivity contribution in [2.75, 3.05) is 25.0 Å². The molecular formula is C11H15BrN4. The van der Waals surface area contributed by atoms with Crippen molar-refractivity contribution in [2.45, 2.75) is 18.9 Å². The molecule has 1 N–H and O–H groups in total. The van der Waals surface area contributed by atoms with E-state index in [4.69, 9.17) is 0 Å². The highest BCUT2D eigenvalue weighted by molar-refractivity contribution is 9.10. The minimum absolute atomic E-state index is 0.560. The van der Waals surface area contributed by atoms with Gasteiger partial charge >= 0.3 is 0 Å².